The molecule has 0 atom stereocenters. The summed E-state index contributed by atoms with van der Waals surface area (Å²) in [5, 5.41) is 3.44. The first-order valence-electron chi connectivity index (χ1n) is 7.54. The first-order valence-corrected chi connectivity index (χ1v) is 7.54. The molecule has 0 saturated carbocycles. The van der Waals surface area contributed by atoms with Gasteiger partial charge in [-0.05, 0) is 59.0 Å². The molecule has 1 amide bonds. The van der Waals surface area contributed by atoms with Crippen molar-refractivity contribution in [1.29, 1.82) is 0 Å². The van der Waals surface area contributed by atoms with Crippen LogP contribution in [0.3, 0.4) is 0 Å². The lowest BCUT2D eigenvalue weighted by molar-refractivity contribution is 0.0184. The average Bonchev–Trinajstić information content (AvgIpc) is 2.37. The number of nitrogens with one attached hydrogen (secondary N) is 1. The second-order valence-electron chi connectivity index (χ2n) is 6.42. The standard InChI is InChI=1S/C16H28N2O2/c1-5-6-7-10-17-13-14-8-11-18(12-9-14)15(19)20-16(2,3)4/h1,14,17H,6-13H2,2-4H3. The van der Waals surface area contributed by atoms with Gasteiger partial charge in [-0.15, -0.1) is 12.3 Å². The molecule has 1 fully saturated rings. The molecule has 0 spiro atoms. The molecule has 1 saturated heterocycles. The van der Waals surface area contributed by atoms with E-state index in [-0.39, 0.29) is 6.09 Å². The molecule has 4 nitrogen and oxygen atoms in total. The van der Waals surface area contributed by atoms with E-state index >= 15 is 0 Å². The number of piperidine rings is 1. The Morgan fingerprint density at radius 2 is 2.05 bits per heavy atom. The highest BCUT2D eigenvalue weighted by molar-refractivity contribution is 5.68. The van der Waals surface area contributed by atoms with Gasteiger partial charge in [-0.25, -0.2) is 4.79 Å². The lowest BCUT2D eigenvalue weighted by Crippen LogP contribution is -2.43. The number of hydrogen-bond donors (Lipinski definition) is 1. The van der Waals surface area contributed by atoms with E-state index in [9.17, 15) is 4.79 Å². The third kappa shape index (κ3) is 6.81. The summed E-state index contributed by atoms with van der Waals surface area (Å²) in [6, 6.07) is 0. The molecule has 0 aliphatic carbocycles. The van der Waals surface area contributed by atoms with Gasteiger partial charge < -0.3 is 15.0 Å². The predicted molar refractivity (Wildman–Crippen MR) is 81.5 cm³/mol. The fourth-order valence-electron chi connectivity index (χ4n) is 2.27. The minimum absolute atomic E-state index is 0.182. The second kappa shape index (κ2) is 8.16. The molecular weight excluding hydrogens is 252 g/mol. The first kappa shape index (κ1) is 16.8. The van der Waals surface area contributed by atoms with Crippen LogP contribution in [0.15, 0.2) is 0 Å². The fourth-order valence-corrected chi connectivity index (χ4v) is 2.27. The smallest absolute Gasteiger partial charge is 0.410 e. The molecule has 0 unspecified atom stereocenters. The summed E-state index contributed by atoms with van der Waals surface area (Å²) in [4.78, 5) is 13.7. The van der Waals surface area contributed by atoms with Gasteiger partial charge in [0.2, 0.25) is 0 Å². The van der Waals surface area contributed by atoms with Crippen molar-refractivity contribution in [3.05, 3.63) is 0 Å². The van der Waals surface area contributed by atoms with E-state index in [1.54, 1.807) is 0 Å². The number of nitrogens with zero attached hydrogens (tertiary/aromatic N) is 1. The molecule has 0 bridgehead atoms. The molecule has 4 heteroatoms. The maximum absolute atomic E-state index is 11.9. The van der Waals surface area contributed by atoms with Crippen molar-refractivity contribution in [2.24, 2.45) is 5.92 Å². The number of terminal acetylenes is 1. The van der Waals surface area contributed by atoms with Crippen LogP contribution < -0.4 is 5.32 Å². The van der Waals surface area contributed by atoms with Gasteiger partial charge in [0.15, 0.2) is 0 Å². The monoisotopic (exact) mass is 280 g/mol. The topological polar surface area (TPSA) is 41.6 Å². The third-order valence-corrected chi connectivity index (χ3v) is 3.37. The normalized spacial score (nSPS) is 16.8. The summed E-state index contributed by atoms with van der Waals surface area (Å²) in [6.07, 6.45) is 8.99. The summed E-state index contributed by atoms with van der Waals surface area (Å²) in [5.41, 5.74) is -0.410. The number of hydrogen-bond acceptors (Lipinski definition) is 3. The Hall–Kier alpha value is -1.21. The number of unbranched alkanes of at least 4 members (excludes halogenated alkanes) is 1. The molecule has 1 heterocycles. The van der Waals surface area contributed by atoms with Crippen molar-refractivity contribution in [3.8, 4) is 12.3 Å². The number of carbonyl (C=O) groups is 1. The number of rotatable bonds is 5. The summed E-state index contributed by atoms with van der Waals surface area (Å²) < 4.78 is 5.39. The number of carbonyl (C=O) groups excluding carboxylic acids is 1. The molecule has 0 aromatic heterocycles. The SMILES string of the molecule is C#CCCCNCC1CCN(C(=O)OC(C)(C)C)CC1. The lowest BCUT2D eigenvalue weighted by atomic mass is 9.97. The molecule has 0 aromatic rings. The van der Waals surface area contributed by atoms with E-state index in [0.717, 1.165) is 51.9 Å². The Kier molecular flexibility index (Phi) is 6.87. The van der Waals surface area contributed by atoms with Gasteiger partial charge in [0.05, 0.1) is 0 Å². The van der Waals surface area contributed by atoms with Crippen LogP contribution in [0.4, 0.5) is 4.79 Å². The van der Waals surface area contributed by atoms with Crippen molar-refractivity contribution in [1.82, 2.24) is 10.2 Å². The molecule has 1 aliphatic heterocycles. The molecule has 0 radical (unpaired) electrons. The van der Waals surface area contributed by atoms with E-state index < -0.39 is 5.60 Å². The largest absolute Gasteiger partial charge is 0.444 e. The summed E-state index contributed by atoms with van der Waals surface area (Å²) in [7, 11) is 0. The van der Waals surface area contributed by atoms with Crippen LogP contribution in [0.2, 0.25) is 0 Å². The van der Waals surface area contributed by atoms with E-state index in [2.05, 4.69) is 11.2 Å². The highest BCUT2D eigenvalue weighted by atomic mass is 16.6. The average molecular weight is 280 g/mol. The number of likely N-dealkylation sites (tertiary alicyclic amines) is 1. The molecule has 114 valence electrons. The lowest BCUT2D eigenvalue weighted by Gasteiger charge is -2.33. The van der Waals surface area contributed by atoms with E-state index in [4.69, 9.17) is 11.2 Å². The quantitative estimate of drug-likeness (QED) is 0.622. The van der Waals surface area contributed by atoms with Gasteiger partial charge in [-0.3, -0.25) is 0 Å². The molecule has 1 rings (SSSR count). The van der Waals surface area contributed by atoms with Crippen LogP contribution in [0.1, 0.15) is 46.5 Å². The Labute approximate surface area is 123 Å². The van der Waals surface area contributed by atoms with Crippen LogP contribution in [-0.2, 0) is 4.74 Å². The van der Waals surface area contributed by atoms with Crippen LogP contribution in [-0.4, -0.2) is 42.8 Å². The zero-order chi connectivity index (χ0) is 15.0. The van der Waals surface area contributed by atoms with Gasteiger partial charge in [0.25, 0.3) is 0 Å². The Morgan fingerprint density at radius 1 is 1.40 bits per heavy atom. The molecule has 0 aromatic carbocycles. The van der Waals surface area contributed by atoms with Crippen molar-refractivity contribution >= 4 is 6.09 Å². The molecular formula is C16H28N2O2. The van der Waals surface area contributed by atoms with Gasteiger partial charge in [0.1, 0.15) is 5.60 Å². The van der Waals surface area contributed by atoms with Crippen LogP contribution in [0.25, 0.3) is 0 Å². The maximum Gasteiger partial charge on any atom is 0.410 e. The summed E-state index contributed by atoms with van der Waals surface area (Å²) >= 11 is 0. The molecule has 1 N–H and O–H groups in total. The van der Waals surface area contributed by atoms with Gasteiger partial charge in [0, 0.05) is 19.5 Å². The van der Waals surface area contributed by atoms with Crippen LogP contribution in [0, 0.1) is 18.3 Å². The predicted octanol–water partition coefficient (Wildman–Crippen LogP) is 2.64. The second-order valence-corrected chi connectivity index (χ2v) is 6.42. The van der Waals surface area contributed by atoms with Gasteiger partial charge in [-0.1, -0.05) is 0 Å². The minimum Gasteiger partial charge on any atom is -0.444 e. The summed E-state index contributed by atoms with van der Waals surface area (Å²) in [5.74, 6) is 3.30. The Balaban J connectivity index is 2.17. The third-order valence-electron chi connectivity index (χ3n) is 3.37. The number of ether oxygens (including phenoxy) is 1. The molecule has 1 aliphatic rings. The van der Waals surface area contributed by atoms with Crippen LogP contribution >= 0.6 is 0 Å². The first-order chi connectivity index (χ1) is 9.42. The van der Waals surface area contributed by atoms with Gasteiger partial charge in [-0.2, -0.15) is 0 Å². The van der Waals surface area contributed by atoms with Gasteiger partial charge >= 0.3 is 6.09 Å². The van der Waals surface area contributed by atoms with Crippen molar-refractivity contribution in [3.63, 3.8) is 0 Å². The zero-order valence-corrected chi connectivity index (χ0v) is 13.1. The Bertz CT molecular complexity index is 333. The van der Waals surface area contributed by atoms with Crippen molar-refractivity contribution < 1.29 is 9.53 Å². The van der Waals surface area contributed by atoms with E-state index in [1.807, 2.05) is 25.7 Å². The van der Waals surface area contributed by atoms with Crippen molar-refractivity contribution in [2.45, 2.75) is 52.1 Å². The van der Waals surface area contributed by atoms with Crippen molar-refractivity contribution in [2.75, 3.05) is 26.2 Å². The Morgan fingerprint density at radius 3 is 2.60 bits per heavy atom. The molecule has 20 heavy (non-hydrogen) atoms. The van der Waals surface area contributed by atoms with Crippen LogP contribution in [0.5, 0.6) is 0 Å². The van der Waals surface area contributed by atoms with E-state index in [1.165, 1.54) is 0 Å². The minimum atomic E-state index is -0.410. The maximum atomic E-state index is 11.9. The fraction of sp³-hybridized carbons (Fsp3) is 0.812. The highest BCUT2D eigenvalue weighted by Crippen LogP contribution is 2.19. The summed E-state index contributed by atoms with van der Waals surface area (Å²) in [6.45, 7) is 9.30. The van der Waals surface area contributed by atoms with E-state index in [0.29, 0.717) is 5.92 Å². The zero-order valence-electron chi connectivity index (χ0n) is 13.1. The highest BCUT2D eigenvalue weighted by Gasteiger charge is 2.26. The number of amides is 1.